The summed E-state index contributed by atoms with van der Waals surface area (Å²) in [7, 11) is 0. The van der Waals surface area contributed by atoms with E-state index in [0.29, 0.717) is 19.3 Å². The zero-order chi connectivity index (χ0) is 39.6. The lowest BCUT2D eigenvalue weighted by Crippen LogP contribution is -2.28. The highest BCUT2D eigenvalue weighted by molar-refractivity contribution is 5.70. The van der Waals surface area contributed by atoms with Crippen molar-refractivity contribution in [3.63, 3.8) is 0 Å². The summed E-state index contributed by atoms with van der Waals surface area (Å²) < 4.78 is 10.6. The molecule has 2 N–H and O–H groups in total. The van der Waals surface area contributed by atoms with Crippen LogP contribution in [0.15, 0.2) is 48.6 Å². The van der Waals surface area contributed by atoms with Crippen molar-refractivity contribution in [3.8, 4) is 0 Å². The van der Waals surface area contributed by atoms with E-state index < -0.39 is 18.2 Å². The number of hydrogen-bond donors (Lipinski definition) is 2. The predicted octanol–water partition coefficient (Wildman–Crippen LogP) is 13.4. The highest BCUT2D eigenvalue weighted by Gasteiger charge is 2.16. The minimum Gasteiger partial charge on any atom is -0.462 e. The number of rotatable bonds is 40. The average molecular weight is 759 g/mol. The normalized spacial score (nSPS) is 13.8. The molecule has 1 unspecified atom stereocenters. The quantitative estimate of drug-likeness (QED) is 0.0280. The largest absolute Gasteiger partial charge is 0.462 e. The van der Waals surface area contributed by atoms with Gasteiger partial charge in [0.15, 0.2) is 6.10 Å². The topological polar surface area (TPSA) is 93.1 Å². The molecule has 0 aliphatic heterocycles. The molecule has 0 aliphatic carbocycles. The summed E-state index contributed by atoms with van der Waals surface area (Å²) in [6, 6.07) is 0. The van der Waals surface area contributed by atoms with Gasteiger partial charge in [0, 0.05) is 12.8 Å². The minimum atomic E-state index is -0.820. The molecule has 6 heteroatoms. The molecule has 0 fully saturated rings. The second kappa shape index (κ2) is 42.0. The molecule has 0 heterocycles. The van der Waals surface area contributed by atoms with Gasteiger partial charge in [-0.3, -0.25) is 9.59 Å². The summed E-state index contributed by atoms with van der Waals surface area (Å²) in [5.74, 6) is 0.219. The Kier molecular flexibility index (Phi) is 40.3. The molecule has 3 atom stereocenters. The number of carbonyl (C=O) groups is 2. The maximum Gasteiger partial charge on any atom is 0.306 e. The van der Waals surface area contributed by atoms with E-state index in [1.165, 1.54) is 128 Å². The molecule has 0 radical (unpaired) electrons. The number of esters is 2. The van der Waals surface area contributed by atoms with Crippen molar-refractivity contribution in [2.75, 3.05) is 13.2 Å². The second-order valence-corrected chi connectivity index (χ2v) is 15.6. The lowest BCUT2D eigenvalue weighted by molar-refractivity contribution is -0.161. The lowest BCUT2D eigenvalue weighted by Gasteiger charge is -2.15. The van der Waals surface area contributed by atoms with E-state index in [-0.39, 0.29) is 25.6 Å². The van der Waals surface area contributed by atoms with Gasteiger partial charge in [-0.2, -0.15) is 0 Å². The van der Waals surface area contributed by atoms with Crippen LogP contribution in [0.3, 0.4) is 0 Å². The van der Waals surface area contributed by atoms with Crippen LogP contribution in [0.4, 0.5) is 0 Å². The van der Waals surface area contributed by atoms with Gasteiger partial charge in [-0.05, 0) is 50.9 Å². The number of carbonyl (C=O) groups excluding carboxylic acids is 2. The highest BCUT2D eigenvalue weighted by Crippen LogP contribution is 2.17. The third-order valence-corrected chi connectivity index (χ3v) is 10.2. The van der Waals surface area contributed by atoms with Crippen molar-refractivity contribution < 1.29 is 29.3 Å². The number of aliphatic hydroxyl groups is 2. The minimum absolute atomic E-state index is 0.104. The molecule has 0 aromatic carbocycles. The standard InChI is InChI=1S/C48H86O6/c1-4-6-7-8-28-33-38-45(50)39-34-29-24-21-22-26-31-36-41-48(52)54-46(42-49)43-53-47(51)40-35-30-25-20-18-16-14-12-10-9-11-13-15-17-19-23-27-32-37-44(3)5-2/h22,24,26,28-29,33-34,39,44-46,49-50H,4-21,23,25,27,30-32,35-38,40-43H2,1-3H3/b26-22-,29-24-,33-28-,39-34+/t44?,45-,46-/m0/s1. The highest BCUT2D eigenvalue weighted by atomic mass is 16.6. The fourth-order valence-electron chi connectivity index (χ4n) is 6.37. The van der Waals surface area contributed by atoms with E-state index in [2.05, 4.69) is 32.9 Å². The van der Waals surface area contributed by atoms with E-state index in [0.717, 1.165) is 44.4 Å². The first-order valence-electron chi connectivity index (χ1n) is 22.7. The predicted molar refractivity (Wildman–Crippen MR) is 230 cm³/mol. The van der Waals surface area contributed by atoms with Gasteiger partial charge in [-0.1, -0.05) is 204 Å². The Morgan fingerprint density at radius 2 is 1.13 bits per heavy atom. The Hall–Kier alpha value is -2.18. The zero-order valence-electron chi connectivity index (χ0n) is 35.5. The molecule has 0 rings (SSSR count). The number of ether oxygens (including phenoxy) is 2. The van der Waals surface area contributed by atoms with Gasteiger partial charge in [0.1, 0.15) is 6.61 Å². The van der Waals surface area contributed by atoms with E-state index in [1.54, 1.807) is 6.08 Å². The molecule has 0 aromatic rings. The maximum atomic E-state index is 12.2. The molecule has 0 saturated heterocycles. The van der Waals surface area contributed by atoms with E-state index in [4.69, 9.17) is 9.47 Å². The molecule has 0 aliphatic rings. The lowest BCUT2D eigenvalue weighted by atomic mass is 9.99. The summed E-state index contributed by atoms with van der Waals surface area (Å²) in [6.07, 6.45) is 49.2. The Labute approximate surface area is 333 Å². The fourth-order valence-corrected chi connectivity index (χ4v) is 6.37. The van der Waals surface area contributed by atoms with Crippen LogP contribution in [0, 0.1) is 5.92 Å². The molecule has 0 spiro atoms. The van der Waals surface area contributed by atoms with Crippen LogP contribution in [0.5, 0.6) is 0 Å². The Morgan fingerprint density at radius 1 is 0.593 bits per heavy atom. The van der Waals surface area contributed by atoms with E-state index >= 15 is 0 Å². The first-order chi connectivity index (χ1) is 26.4. The van der Waals surface area contributed by atoms with Gasteiger partial charge >= 0.3 is 11.9 Å². The molecule has 0 bridgehead atoms. The van der Waals surface area contributed by atoms with Crippen molar-refractivity contribution in [2.24, 2.45) is 5.92 Å². The Morgan fingerprint density at radius 3 is 1.70 bits per heavy atom. The molecule has 314 valence electrons. The van der Waals surface area contributed by atoms with E-state index in [9.17, 15) is 19.8 Å². The third-order valence-electron chi connectivity index (χ3n) is 10.2. The van der Waals surface area contributed by atoms with Crippen molar-refractivity contribution in [3.05, 3.63) is 48.6 Å². The monoisotopic (exact) mass is 759 g/mol. The second-order valence-electron chi connectivity index (χ2n) is 15.6. The molecular weight excluding hydrogens is 673 g/mol. The van der Waals surface area contributed by atoms with Crippen LogP contribution < -0.4 is 0 Å². The van der Waals surface area contributed by atoms with Gasteiger partial charge in [0.2, 0.25) is 0 Å². The number of allylic oxidation sites excluding steroid dienone is 6. The summed E-state index contributed by atoms with van der Waals surface area (Å²) in [4.78, 5) is 24.3. The summed E-state index contributed by atoms with van der Waals surface area (Å²) in [5.41, 5.74) is 0. The summed E-state index contributed by atoms with van der Waals surface area (Å²) >= 11 is 0. The van der Waals surface area contributed by atoms with E-state index in [1.807, 2.05) is 30.4 Å². The first-order valence-corrected chi connectivity index (χ1v) is 22.7. The first kappa shape index (κ1) is 51.8. The van der Waals surface area contributed by atoms with Crippen molar-refractivity contribution in [2.45, 2.75) is 226 Å². The maximum absolute atomic E-state index is 12.2. The summed E-state index contributed by atoms with van der Waals surface area (Å²) in [5, 5.41) is 19.6. The number of hydrogen-bond acceptors (Lipinski definition) is 6. The molecule has 6 nitrogen and oxygen atoms in total. The van der Waals surface area contributed by atoms with Crippen molar-refractivity contribution in [1.29, 1.82) is 0 Å². The van der Waals surface area contributed by atoms with Gasteiger partial charge in [0.25, 0.3) is 0 Å². The average Bonchev–Trinajstić information content (AvgIpc) is 3.17. The van der Waals surface area contributed by atoms with Gasteiger partial charge in [-0.25, -0.2) is 0 Å². The Bertz CT molecular complexity index is 937. The van der Waals surface area contributed by atoms with Crippen LogP contribution in [-0.2, 0) is 19.1 Å². The molecular formula is C48H86O6. The van der Waals surface area contributed by atoms with Gasteiger partial charge in [-0.15, -0.1) is 0 Å². The molecule has 0 saturated carbocycles. The smallest absolute Gasteiger partial charge is 0.306 e. The molecule has 0 aromatic heterocycles. The van der Waals surface area contributed by atoms with Crippen molar-refractivity contribution in [1.82, 2.24) is 0 Å². The fraction of sp³-hybridized carbons (Fsp3) is 0.792. The van der Waals surface area contributed by atoms with Crippen LogP contribution in [0.25, 0.3) is 0 Å². The number of aliphatic hydroxyl groups excluding tert-OH is 2. The van der Waals surface area contributed by atoms with Crippen molar-refractivity contribution >= 4 is 11.9 Å². The van der Waals surface area contributed by atoms with Gasteiger partial charge < -0.3 is 19.7 Å². The van der Waals surface area contributed by atoms with Crippen LogP contribution in [-0.4, -0.2) is 47.6 Å². The van der Waals surface area contributed by atoms with Crippen LogP contribution >= 0.6 is 0 Å². The SMILES string of the molecule is CCCCC/C=C\C[C@H](O)/C=C/C=C\C/C=C\CCCC(=O)O[C@@H](CO)COC(=O)CCCCCCCCCCCCCCCCCCCCC(C)CC. The molecule has 54 heavy (non-hydrogen) atoms. The third kappa shape index (κ3) is 39.5. The van der Waals surface area contributed by atoms with Crippen LogP contribution in [0.2, 0.25) is 0 Å². The summed E-state index contributed by atoms with van der Waals surface area (Å²) in [6.45, 7) is 6.40. The van der Waals surface area contributed by atoms with Crippen LogP contribution in [0.1, 0.15) is 213 Å². The number of unbranched alkanes of at least 4 members (excludes halogenated alkanes) is 21. The molecule has 0 amide bonds. The zero-order valence-corrected chi connectivity index (χ0v) is 35.5. The van der Waals surface area contributed by atoms with Gasteiger partial charge in [0.05, 0.1) is 12.7 Å². The Balaban J connectivity index is 3.63.